The Morgan fingerprint density at radius 3 is 2.65 bits per heavy atom. The van der Waals surface area contributed by atoms with Crippen LogP contribution < -0.4 is 5.32 Å². The average molecular weight is 247 g/mol. The first kappa shape index (κ1) is 13.2. The van der Waals surface area contributed by atoms with Gasteiger partial charge in [-0.1, -0.05) is 6.58 Å². The minimum Gasteiger partial charge on any atom is -0.346 e. The number of hydrogen-bond acceptors (Lipinski definition) is 1. The summed E-state index contributed by atoms with van der Waals surface area (Å²) in [6.07, 6.45) is 0.804. The molecule has 6 heteroatoms. The number of hydrogen-bond donors (Lipinski definition) is 1. The molecule has 17 heavy (non-hydrogen) atoms. The third-order valence-corrected chi connectivity index (χ3v) is 1.99. The van der Waals surface area contributed by atoms with Crippen molar-refractivity contribution in [2.75, 3.05) is 6.54 Å². The molecular formula is C11H9F4NO. The lowest BCUT2D eigenvalue weighted by Crippen LogP contribution is -2.34. The quantitative estimate of drug-likeness (QED) is 0.642. The summed E-state index contributed by atoms with van der Waals surface area (Å²) < 4.78 is 52.7. The minimum absolute atomic E-state index is 0.398. The number of benzene rings is 1. The monoisotopic (exact) mass is 247 g/mol. The molecule has 0 heterocycles. The van der Waals surface area contributed by atoms with Crippen LogP contribution in [0.4, 0.5) is 17.6 Å². The molecule has 0 spiro atoms. The summed E-state index contributed by atoms with van der Waals surface area (Å²) in [5.41, 5.74) is -1.10. The summed E-state index contributed by atoms with van der Waals surface area (Å²) in [6, 6.07) is 1.74. The Kier molecular flexibility index (Phi) is 3.88. The van der Waals surface area contributed by atoms with Crippen LogP contribution in [0.25, 0.3) is 0 Å². The molecule has 1 amide bonds. The summed E-state index contributed by atoms with van der Waals surface area (Å²) >= 11 is 0. The largest absolute Gasteiger partial charge is 0.346 e. The maximum absolute atomic E-state index is 13.4. The Hall–Kier alpha value is -1.85. The van der Waals surface area contributed by atoms with Crippen molar-refractivity contribution in [1.29, 1.82) is 0 Å². The van der Waals surface area contributed by atoms with Gasteiger partial charge in [-0.15, -0.1) is 0 Å². The third kappa shape index (κ3) is 3.30. The van der Waals surface area contributed by atoms with Crippen molar-refractivity contribution >= 4 is 5.91 Å². The Morgan fingerprint density at radius 2 is 2.06 bits per heavy atom. The molecule has 0 aromatic heterocycles. The summed E-state index contributed by atoms with van der Waals surface area (Å²) in [5, 5.41) is 1.82. The zero-order valence-corrected chi connectivity index (χ0v) is 8.64. The van der Waals surface area contributed by atoms with Crippen LogP contribution in [-0.2, 0) is 10.7 Å². The Labute approximate surface area is 94.9 Å². The van der Waals surface area contributed by atoms with Crippen LogP contribution in [0, 0.1) is 11.6 Å². The predicted octanol–water partition coefficient (Wildman–Crippen LogP) is 2.36. The van der Waals surface area contributed by atoms with Crippen LogP contribution in [0.5, 0.6) is 0 Å². The first-order chi connectivity index (χ1) is 7.86. The van der Waals surface area contributed by atoms with E-state index in [1.807, 2.05) is 5.32 Å². The number of halogens is 4. The number of rotatable bonds is 4. The lowest BCUT2D eigenvalue weighted by Gasteiger charge is -2.17. The predicted molar refractivity (Wildman–Crippen MR) is 53.5 cm³/mol. The van der Waals surface area contributed by atoms with Crippen LogP contribution in [0.3, 0.4) is 0 Å². The molecule has 1 aromatic rings. The highest BCUT2D eigenvalue weighted by molar-refractivity contribution is 5.86. The standard InChI is InChI=1S/C11H9F4NO/c1-2-10(17)16-6-11(14,15)8-5-7(12)3-4-9(8)13/h2-5H,1,6H2,(H,16,17). The number of carbonyl (C=O) groups is 1. The van der Waals surface area contributed by atoms with E-state index in [2.05, 4.69) is 6.58 Å². The van der Waals surface area contributed by atoms with E-state index in [1.54, 1.807) is 0 Å². The van der Waals surface area contributed by atoms with Crippen molar-refractivity contribution in [3.63, 3.8) is 0 Å². The van der Waals surface area contributed by atoms with Crippen molar-refractivity contribution in [3.05, 3.63) is 48.1 Å². The smallest absolute Gasteiger partial charge is 0.293 e. The zero-order valence-electron chi connectivity index (χ0n) is 8.64. The summed E-state index contributed by atoms with van der Waals surface area (Å²) in [7, 11) is 0. The highest BCUT2D eigenvalue weighted by Gasteiger charge is 2.35. The molecule has 0 saturated heterocycles. The third-order valence-electron chi connectivity index (χ3n) is 1.99. The van der Waals surface area contributed by atoms with Crippen LogP contribution in [0.15, 0.2) is 30.9 Å². The van der Waals surface area contributed by atoms with Gasteiger partial charge in [0.1, 0.15) is 11.6 Å². The van der Waals surface area contributed by atoms with Crippen LogP contribution in [0.2, 0.25) is 0 Å². The van der Waals surface area contributed by atoms with Gasteiger partial charge in [-0.25, -0.2) is 8.78 Å². The summed E-state index contributed by atoms with van der Waals surface area (Å²) in [6.45, 7) is 1.95. The lowest BCUT2D eigenvalue weighted by molar-refractivity contribution is -0.118. The van der Waals surface area contributed by atoms with E-state index in [0.29, 0.717) is 12.1 Å². The van der Waals surface area contributed by atoms with Crippen molar-refractivity contribution in [3.8, 4) is 0 Å². The number of nitrogens with one attached hydrogen (secondary N) is 1. The van der Waals surface area contributed by atoms with Gasteiger partial charge < -0.3 is 5.32 Å². The fourth-order valence-corrected chi connectivity index (χ4v) is 1.14. The van der Waals surface area contributed by atoms with E-state index in [4.69, 9.17) is 0 Å². The van der Waals surface area contributed by atoms with E-state index >= 15 is 0 Å². The van der Waals surface area contributed by atoms with Gasteiger partial charge in [0.2, 0.25) is 5.91 Å². The first-order valence-corrected chi connectivity index (χ1v) is 4.60. The second-order valence-corrected chi connectivity index (χ2v) is 3.25. The zero-order chi connectivity index (χ0) is 13.1. The highest BCUT2D eigenvalue weighted by atomic mass is 19.3. The molecule has 2 nitrogen and oxygen atoms in total. The molecule has 1 rings (SSSR count). The molecule has 0 fully saturated rings. The fourth-order valence-electron chi connectivity index (χ4n) is 1.14. The maximum atomic E-state index is 13.4. The molecule has 92 valence electrons. The van der Waals surface area contributed by atoms with Crippen molar-refractivity contribution in [2.45, 2.75) is 5.92 Å². The number of amides is 1. The van der Waals surface area contributed by atoms with E-state index in [-0.39, 0.29) is 0 Å². The van der Waals surface area contributed by atoms with Crippen LogP contribution in [0.1, 0.15) is 5.56 Å². The molecule has 0 bridgehead atoms. The molecule has 0 atom stereocenters. The molecule has 0 saturated carbocycles. The molecule has 0 unspecified atom stereocenters. The van der Waals surface area contributed by atoms with Crippen molar-refractivity contribution < 1.29 is 22.4 Å². The molecule has 1 aromatic carbocycles. The summed E-state index contributed by atoms with van der Waals surface area (Å²) in [5.74, 6) is -6.72. The minimum atomic E-state index is -3.69. The average Bonchev–Trinajstić information content (AvgIpc) is 2.29. The molecule has 0 aliphatic heterocycles. The van der Waals surface area contributed by atoms with Gasteiger partial charge in [0.15, 0.2) is 0 Å². The van der Waals surface area contributed by atoms with Gasteiger partial charge in [0, 0.05) is 0 Å². The Bertz CT molecular complexity index is 445. The van der Waals surface area contributed by atoms with Crippen molar-refractivity contribution in [1.82, 2.24) is 5.32 Å². The molecule has 0 radical (unpaired) electrons. The van der Waals surface area contributed by atoms with E-state index < -0.39 is 35.6 Å². The van der Waals surface area contributed by atoms with E-state index in [0.717, 1.165) is 12.1 Å². The second kappa shape index (κ2) is 4.99. The van der Waals surface area contributed by atoms with E-state index in [9.17, 15) is 22.4 Å². The van der Waals surface area contributed by atoms with Crippen LogP contribution in [-0.4, -0.2) is 12.5 Å². The molecule has 1 N–H and O–H groups in total. The van der Waals surface area contributed by atoms with E-state index in [1.165, 1.54) is 0 Å². The van der Waals surface area contributed by atoms with Crippen LogP contribution >= 0.6 is 0 Å². The van der Waals surface area contributed by atoms with Gasteiger partial charge >= 0.3 is 0 Å². The Balaban J connectivity index is 2.91. The van der Waals surface area contributed by atoms with Gasteiger partial charge in [-0.3, -0.25) is 4.79 Å². The van der Waals surface area contributed by atoms with Crippen molar-refractivity contribution in [2.24, 2.45) is 0 Å². The topological polar surface area (TPSA) is 29.1 Å². The van der Waals surface area contributed by atoms with Gasteiger partial charge in [-0.2, -0.15) is 8.78 Å². The van der Waals surface area contributed by atoms with Gasteiger partial charge in [0.25, 0.3) is 5.92 Å². The lowest BCUT2D eigenvalue weighted by atomic mass is 10.1. The number of carbonyl (C=O) groups excluding carboxylic acids is 1. The van der Waals surface area contributed by atoms with Gasteiger partial charge in [0.05, 0.1) is 12.1 Å². The molecule has 0 aliphatic rings. The maximum Gasteiger partial charge on any atom is 0.293 e. The molecular weight excluding hydrogens is 238 g/mol. The highest BCUT2D eigenvalue weighted by Crippen LogP contribution is 2.29. The fraction of sp³-hybridized carbons (Fsp3) is 0.182. The Morgan fingerprint density at radius 1 is 1.41 bits per heavy atom. The van der Waals surface area contributed by atoms with Gasteiger partial charge in [-0.05, 0) is 24.3 Å². The second-order valence-electron chi connectivity index (χ2n) is 3.25. The first-order valence-electron chi connectivity index (χ1n) is 4.60. The normalized spacial score (nSPS) is 11.1. The molecule has 0 aliphatic carbocycles. The SMILES string of the molecule is C=CC(=O)NCC(F)(F)c1cc(F)ccc1F. The number of alkyl halides is 2. The summed E-state index contributed by atoms with van der Waals surface area (Å²) in [4.78, 5) is 10.7.